The van der Waals surface area contributed by atoms with E-state index >= 15 is 0 Å². The average Bonchev–Trinajstić information content (AvgIpc) is 2.83. The monoisotopic (exact) mass is 308 g/mol. The lowest BCUT2D eigenvalue weighted by Gasteiger charge is -2.06. The van der Waals surface area contributed by atoms with Crippen molar-refractivity contribution in [3.8, 4) is 22.6 Å². The standard InChI is InChI=1S/C17H16N4O2/c1-11-16(14-4-3-9-18-10-14)21(23)17(19-11)13-5-7-15(8-6-13)20-12(2)22/h3-10,23H,1-2H3,(H,20,22). The second-order valence-corrected chi connectivity index (χ2v) is 5.18. The van der Waals surface area contributed by atoms with Crippen LogP contribution in [-0.4, -0.2) is 25.8 Å². The summed E-state index contributed by atoms with van der Waals surface area (Å²) in [7, 11) is 0. The Hall–Kier alpha value is -3.15. The van der Waals surface area contributed by atoms with Crippen LogP contribution in [0, 0.1) is 6.92 Å². The Morgan fingerprint density at radius 3 is 2.52 bits per heavy atom. The number of imidazole rings is 1. The van der Waals surface area contributed by atoms with Gasteiger partial charge in [0, 0.05) is 36.1 Å². The van der Waals surface area contributed by atoms with Crippen LogP contribution in [0.4, 0.5) is 5.69 Å². The number of pyridine rings is 1. The molecule has 0 radical (unpaired) electrons. The van der Waals surface area contributed by atoms with Crippen LogP contribution in [-0.2, 0) is 4.79 Å². The lowest BCUT2D eigenvalue weighted by atomic mass is 10.2. The molecule has 2 heterocycles. The number of benzene rings is 1. The fourth-order valence-corrected chi connectivity index (χ4v) is 2.45. The molecule has 2 aromatic heterocycles. The molecule has 6 nitrogen and oxygen atoms in total. The van der Waals surface area contributed by atoms with E-state index in [1.54, 1.807) is 36.7 Å². The molecule has 1 amide bonds. The third-order valence-electron chi connectivity index (χ3n) is 3.43. The number of amides is 1. The molecular weight excluding hydrogens is 292 g/mol. The van der Waals surface area contributed by atoms with Gasteiger partial charge in [-0.3, -0.25) is 9.78 Å². The van der Waals surface area contributed by atoms with Gasteiger partial charge >= 0.3 is 0 Å². The Bertz CT molecular complexity index is 839. The number of carbonyl (C=O) groups is 1. The minimum atomic E-state index is -0.129. The molecular formula is C17H16N4O2. The number of hydrogen-bond donors (Lipinski definition) is 2. The molecule has 1 aromatic carbocycles. The minimum Gasteiger partial charge on any atom is -0.426 e. The van der Waals surface area contributed by atoms with E-state index in [2.05, 4.69) is 15.3 Å². The number of anilines is 1. The number of nitrogens with one attached hydrogen (secondary N) is 1. The van der Waals surface area contributed by atoms with Crippen LogP contribution in [0.5, 0.6) is 0 Å². The fraction of sp³-hybridized carbons (Fsp3) is 0.118. The van der Waals surface area contributed by atoms with Crippen LogP contribution >= 0.6 is 0 Å². The fourth-order valence-electron chi connectivity index (χ4n) is 2.45. The molecule has 116 valence electrons. The SMILES string of the molecule is CC(=O)Nc1ccc(-c2nc(C)c(-c3cccnc3)n2O)cc1. The minimum absolute atomic E-state index is 0.129. The maximum atomic E-state index is 11.1. The van der Waals surface area contributed by atoms with Gasteiger partial charge in [-0.2, -0.15) is 4.73 Å². The number of aromatic nitrogens is 3. The first-order valence-corrected chi connectivity index (χ1v) is 7.13. The van der Waals surface area contributed by atoms with E-state index < -0.39 is 0 Å². The molecule has 23 heavy (non-hydrogen) atoms. The summed E-state index contributed by atoms with van der Waals surface area (Å²) >= 11 is 0. The van der Waals surface area contributed by atoms with Crippen molar-refractivity contribution in [1.29, 1.82) is 0 Å². The molecule has 0 saturated heterocycles. The molecule has 3 rings (SSSR count). The number of rotatable bonds is 3. The molecule has 0 atom stereocenters. The van der Waals surface area contributed by atoms with Crippen LogP contribution in [0.25, 0.3) is 22.6 Å². The summed E-state index contributed by atoms with van der Waals surface area (Å²) < 4.78 is 1.07. The maximum Gasteiger partial charge on any atom is 0.221 e. The van der Waals surface area contributed by atoms with E-state index in [0.717, 1.165) is 15.9 Å². The van der Waals surface area contributed by atoms with Crippen LogP contribution in [0.15, 0.2) is 48.8 Å². The first-order valence-electron chi connectivity index (χ1n) is 7.13. The summed E-state index contributed by atoms with van der Waals surface area (Å²) in [6, 6.07) is 10.8. The van der Waals surface area contributed by atoms with Gasteiger partial charge in [-0.05, 0) is 43.3 Å². The zero-order valence-electron chi connectivity index (χ0n) is 12.8. The van der Waals surface area contributed by atoms with Gasteiger partial charge in [-0.25, -0.2) is 4.98 Å². The van der Waals surface area contributed by atoms with Gasteiger partial charge in [-0.15, -0.1) is 0 Å². The Kier molecular flexibility index (Phi) is 3.80. The Labute approximate surface area is 133 Å². The van der Waals surface area contributed by atoms with E-state index in [0.29, 0.717) is 22.9 Å². The van der Waals surface area contributed by atoms with Gasteiger partial charge in [-0.1, -0.05) is 0 Å². The van der Waals surface area contributed by atoms with E-state index in [4.69, 9.17) is 0 Å². The molecule has 6 heteroatoms. The molecule has 0 aliphatic heterocycles. The van der Waals surface area contributed by atoms with Crippen molar-refractivity contribution in [1.82, 2.24) is 14.7 Å². The molecule has 0 aliphatic rings. The Morgan fingerprint density at radius 1 is 1.17 bits per heavy atom. The second kappa shape index (κ2) is 5.92. The number of aryl methyl sites for hydroxylation is 1. The third-order valence-corrected chi connectivity index (χ3v) is 3.43. The molecule has 0 saturated carbocycles. The molecule has 3 aromatic rings. The van der Waals surface area contributed by atoms with E-state index in [1.807, 2.05) is 19.1 Å². The Balaban J connectivity index is 2.00. The van der Waals surface area contributed by atoms with Gasteiger partial charge in [0.1, 0.15) is 5.69 Å². The van der Waals surface area contributed by atoms with Gasteiger partial charge in [0.05, 0.1) is 5.69 Å². The third kappa shape index (κ3) is 2.91. The zero-order valence-corrected chi connectivity index (χ0v) is 12.8. The second-order valence-electron chi connectivity index (χ2n) is 5.18. The van der Waals surface area contributed by atoms with Crippen molar-refractivity contribution >= 4 is 11.6 Å². The van der Waals surface area contributed by atoms with Crippen LogP contribution in [0.1, 0.15) is 12.6 Å². The molecule has 0 aliphatic carbocycles. The number of hydrogen-bond acceptors (Lipinski definition) is 4. The van der Waals surface area contributed by atoms with Gasteiger partial charge in [0.2, 0.25) is 5.91 Å². The maximum absolute atomic E-state index is 11.1. The number of nitrogens with zero attached hydrogens (tertiary/aromatic N) is 3. The highest BCUT2D eigenvalue weighted by molar-refractivity contribution is 5.88. The molecule has 0 spiro atoms. The van der Waals surface area contributed by atoms with Crippen LogP contribution in [0.2, 0.25) is 0 Å². The first-order chi connectivity index (χ1) is 11.1. The quantitative estimate of drug-likeness (QED) is 0.729. The largest absolute Gasteiger partial charge is 0.426 e. The number of carbonyl (C=O) groups excluding carboxylic acids is 1. The average molecular weight is 308 g/mol. The highest BCUT2D eigenvalue weighted by Crippen LogP contribution is 2.28. The van der Waals surface area contributed by atoms with E-state index in [1.165, 1.54) is 6.92 Å². The summed E-state index contributed by atoms with van der Waals surface area (Å²) in [4.78, 5) is 19.6. The van der Waals surface area contributed by atoms with Crippen molar-refractivity contribution < 1.29 is 10.0 Å². The Morgan fingerprint density at radius 2 is 1.91 bits per heavy atom. The summed E-state index contributed by atoms with van der Waals surface area (Å²) in [5, 5.41) is 13.2. The lowest BCUT2D eigenvalue weighted by molar-refractivity contribution is -0.114. The van der Waals surface area contributed by atoms with E-state index in [-0.39, 0.29) is 5.91 Å². The normalized spacial score (nSPS) is 10.5. The highest BCUT2D eigenvalue weighted by atomic mass is 16.5. The van der Waals surface area contributed by atoms with Crippen LogP contribution in [0.3, 0.4) is 0 Å². The van der Waals surface area contributed by atoms with Gasteiger partial charge in [0.25, 0.3) is 0 Å². The highest BCUT2D eigenvalue weighted by Gasteiger charge is 2.17. The molecule has 0 unspecified atom stereocenters. The van der Waals surface area contributed by atoms with Crippen molar-refractivity contribution in [2.75, 3.05) is 5.32 Å². The molecule has 2 N–H and O–H groups in total. The topological polar surface area (TPSA) is 80.0 Å². The summed E-state index contributed by atoms with van der Waals surface area (Å²) in [5.41, 5.74) is 3.56. The van der Waals surface area contributed by atoms with Gasteiger partial charge in [0.15, 0.2) is 5.82 Å². The van der Waals surface area contributed by atoms with Crippen LogP contribution < -0.4 is 5.32 Å². The van der Waals surface area contributed by atoms with Crippen molar-refractivity contribution in [3.63, 3.8) is 0 Å². The molecule has 0 fully saturated rings. The molecule has 0 bridgehead atoms. The van der Waals surface area contributed by atoms with Crippen molar-refractivity contribution in [3.05, 3.63) is 54.5 Å². The predicted molar refractivity (Wildman–Crippen MR) is 87.1 cm³/mol. The predicted octanol–water partition coefficient (Wildman–Crippen LogP) is 3.12. The zero-order chi connectivity index (χ0) is 16.4. The summed E-state index contributed by atoms with van der Waals surface area (Å²) in [6.45, 7) is 3.29. The van der Waals surface area contributed by atoms with Gasteiger partial charge < -0.3 is 10.5 Å². The van der Waals surface area contributed by atoms with Crippen molar-refractivity contribution in [2.45, 2.75) is 13.8 Å². The first kappa shape index (κ1) is 14.8. The lowest BCUT2D eigenvalue weighted by Crippen LogP contribution is -2.05. The summed E-state index contributed by atoms with van der Waals surface area (Å²) in [5.74, 6) is 0.312. The van der Waals surface area contributed by atoms with E-state index in [9.17, 15) is 10.0 Å². The summed E-state index contributed by atoms with van der Waals surface area (Å²) in [6.07, 6.45) is 3.36. The van der Waals surface area contributed by atoms with Crippen molar-refractivity contribution in [2.24, 2.45) is 0 Å². The smallest absolute Gasteiger partial charge is 0.221 e.